The van der Waals surface area contributed by atoms with E-state index in [9.17, 15) is 0 Å². The van der Waals surface area contributed by atoms with Gasteiger partial charge in [-0.1, -0.05) is 18.2 Å². The molecule has 1 aromatic carbocycles. The molecule has 6 nitrogen and oxygen atoms in total. The van der Waals surface area contributed by atoms with Crippen molar-refractivity contribution in [2.45, 2.75) is 39.0 Å². The van der Waals surface area contributed by atoms with Gasteiger partial charge in [-0.25, -0.2) is 4.98 Å². The average molecular weight is 326 g/mol. The molecule has 1 N–H and O–H groups in total. The van der Waals surface area contributed by atoms with Crippen molar-refractivity contribution in [3.63, 3.8) is 0 Å². The minimum atomic E-state index is 0.160. The van der Waals surface area contributed by atoms with Crippen molar-refractivity contribution < 1.29 is 9.15 Å². The molecule has 1 saturated heterocycles. The van der Waals surface area contributed by atoms with E-state index in [4.69, 9.17) is 9.15 Å². The molecule has 0 amide bonds. The van der Waals surface area contributed by atoms with E-state index >= 15 is 0 Å². The predicted octanol–water partition coefficient (Wildman–Crippen LogP) is 3.13. The molecule has 0 aliphatic carbocycles. The lowest BCUT2D eigenvalue weighted by atomic mass is 10.1. The van der Waals surface area contributed by atoms with Crippen LogP contribution in [0.2, 0.25) is 0 Å². The summed E-state index contributed by atoms with van der Waals surface area (Å²) in [6.45, 7) is 5.64. The SMILES string of the molecule is CO[C@@H]1C[C@@H](c2n[nH]c(C)n2)N(Cc2c(C)oc3ccccc23)C1. The predicted molar refractivity (Wildman–Crippen MR) is 90.6 cm³/mol. The number of H-pyrrole nitrogens is 1. The number of rotatable bonds is 4. The van der Waals surface area contributed by atoms with Crippen LogP contribution >= 0.6 is 0 Å². The van der Waals surface area contributed by atoms with Gasteiger partial charge in [0.1, 0.15) is 17.2 Å². The lowest BCUT2D eigenvalue weighted by molar-refractivity contribution is 0.107. The molecule has 2 aromatic heterocycles. The van der Waals surface area contributed by atoms with Crippen LogP contribution < -0.4 is 0 Å². The quantitative estimate of drug-likeness (QED) is 0.798. The number of nitrogens with zero attached hydrogens (tertiary/aromatic N) is 3. The van der Waals surface area contributed by atoms with Crippen molar-refractivity contribution in [2.24, 2.45) is 0 Å². The highest BCUT2D eigenvalue weighted by atomic mass is 16.5. The van der Waals surface area contributed by atoms with Gasteiger partial charge in [-0.3, -0.25) is 10.00 Å². The summed E-state index contributed by atoms with van der Waals surface area (Å²) in [6, 6.07) is 8.36. The second-order valence-electron chi connectivity index (χ2n) is 6.45. The number of fused-ring (bicyclic) bond motifs is 1. The molecule has 0 radical (unpaired) electrons. The molecule has 0 bridgehead atoms. The Hall–Kier alpha value is -2.18. The van der Waals surface area contributed by atoms with Gasteiger partial charge in [0.25, 0.3) is 0 Å². The van der Waals surface area contributed by atoms with Gasteiger partial charge in [-0.05, 0) is 26.3 Å². The number of ether oxygens (including phenoxy) is 1. The number of furan rings is 1. The number of nitrogens with one attached hydrogen (secondary N) is 1. The van der Waals surface area contributed by atoms with Crippen molar-refractivity contribution >= 4 is 11.0 Å². The molecule has 1 aliphatic rings. The molecule has 126 valence electrons. The molecule has 6 heteroatoms. The molecule has 3 heterocycles. The maximum Gasteiger partial charge on any atom is 0.167 e. The zero-order valence-corrected chi connectivity index (χ0v) is 14.2. The molecule has 3 aromatic rings. The minimum absolute atomic E-state index is 0.160. The van der Waals surface area contributed by atoms with Gasteiger partial charge in [-0.15, -0.1) is 0 Å². The Morgan fingerprint density at radius 1 is 1.33 bits per heavy atom. The summed E-state index contributed by atoms with van der Waals surface area (Å²) in [5.41, 5.74) is 2.18. The van der Waals surface area contributed by atoms with Crippen molar-refractivity contribution in [2.75, 3.05) is 13.7 Å². The summed E-state index contributed by atoms with van der Waals surface area (Å²) in [5, 5.41) is 8.51. The van der Waals surface area contributed by atoms with E-state index in [1.807, 2.05) is 26.0 Å². The van der Waals surface area contributed by atoms with Gasteiger partial charge >= 0.3 is 0 Å². The summed E-state index contributed by atoms with van der Waals surface area (Å²) in [7, 11) is 1.77. The third-order valence-electron chi connectivity index (χ3n) is 4.87. The summed E-state index contributed by atoms with van der Waals surface area (Å²) in [5.74, 6) is 2.66. The Labute approximate surface area is 140 Å². The van der Waals surface area contributed by atoms with Crippen LogP contribution in [-0.4, -0.2) is 39.8 Å². The zero-order valence-electron chi connectivity index (χ0n) is 14.2. The Kier molecular flexibility index (Phi) is 3.86. The molecule has 4 rings (SSSR count). The molecule has 0 spiro atoms. The maximum absolute atomic E-state index is 5.91. The third kappa shape index (κ3) is 2.61. The Bertz CT molecular complexity index is 854. The summed E-state index contributed by atoms with van der Waals surface area (Å²) in [4.78, 5) is 6.93. The van der Waals surface area contributed by atoms with Crippen LogP contribution in [0.1, 0.15) is 35.4 Å². The van der Waals surface area contributed by atoms with E-state index in [-0.39, 0.29) is 12.1 Å². The molecular formula is C18H22N4O2. The lowest BCUT2D eigenvalue weighted by Gasteiger charge is -2.21. The van der Waals surface area contributed by atoms with Crippen LogP contribution in [0.5, 0.6) is 0 Å². The number of likely N-dealkylation sites (tertiary alicyclic amines) is 1. The van der Waals surface area contributed by atoms with E-state index in [2.05, 4.69) is 32.2 Å². The van der Waals surface area contributed by atoms with Gasteiger partial charge < -0.3 is 9.15 Å². The fourth-order valence-electron chi connectivity index (χ4n) is 3.61. The molecular weight excluding hydrogens is 304 g/mol. The summed E-state index contributed by atoms with van der Waals surface area (Å²) >= 11 is 0. The first-order valence-electron chi connectivity index (χ1n) is 8.28. The van der Waals surface area contributed by atoms with E-state index in [0.717, 1.165) is 42.5 Å². The number of methoxy groups -OCH3 is 1. The zero-order chi connectivity index (χ0) is 16.7. The topological polar surface area (TPSA) is 67.2 Å². The molecule has 1 fully saturated rings. The highest BCUT2D eigenvalue weighted by Gasteiger charge is 2.36. The highest BCUT2D eigenvalue weighted by Crippen LogP contribution is 2.35. The monoisotopic (exact) mass is 326 g/mol. The normalized spacial score (nSPS) is 21.8. The van der Waals surface area contributed by atoms with Gasteiger partial charge in [0.05, 0.1) is 12.1 Å². The number of hydrogen-bond donors (Lipinski definition) is 1. The number of aryl methyl sites for hydroxylation is 2. The van der Waals surface area contributed by atoms with E-state index in [1.165, 1.54) is 10.9 Å². The van der Waals surface area contributed by atoms with Gasteiger partial charge in [0, 0.05) is 31.1 Å². The molecule has 24 heavy (non-hydrogen) atoms. The third-order valence-corrected chi connectivity index (χ3v) is 4.87. The molecule has 0 unspecified atom stereocenters. The molecule has 1 aliphatic heterocycles. The van der Waals surface area contributed by atoms with Gasteiger partial charge in [0.15, 0.2) is 5.82 Å². The number of hydrogen-bond acceptors (Lipinski definition) is 5. The van der Waals surface area contributed by atoms with Crippen molar-refractivity contribution in [1.29, 1.82) is 0 Å². The standard InChI is InChI=1S/C18H22N4O2/c1-11-15(14-6-4-5-7-17(14)24-11)10-22-9-13(23-3)8-16(22)18-19-12(2)20-21-18/h4-7,13,16H,8-10H2,1-3H3,(H,19,20,21)/t13-,16+/m1/s1. The van der Waals surface area contributed by atoms with Crippen molar-refractivity contribution in [1.82, 2.24) is 20.1 Å². The van der Waals surface area contributed by atoms with Crippen LogP contribution in [0.15, 0.2) is 28.7 Å². The van der Waals surface area contributed by atoms with Crippen LogP contribution in [0, 0.1) is 13.8 Å². The van der Waals surface area contributed by atoms with Crippen molar-refractivity contribution in [3.05, 3.63) is 47.2 Å². The van der Waals surface area contributed by atoms with Gasteiger partial charge in [0.2, 0.25) is 0 Å². The van der Waals surface area contributed by atoms with Crippen LogP contribution in [-0.2, 0) is 11.3 Å². The Balaban J connectivity index is 1.67. The first-order chi connectivity index (χ1) is 11.7. The van der Waals surface area contributed by atoms with Gasteiger partial charge in [-0.2, -0.15) is 5.10 Å². The van der Waals surface area contributed by atoms with E-state index in [0.29, 0.717) is 0 Å². The van der Waals surface area contributed by atoms with E-state index < -0.39 is 0 Å². The fraction of sp³-hybridized carbons (Fsp3) is 0.444. The first-order valence-corrected chi connectivity index (χ1v) is 8.28. The summed E-state index contributed by atoms with van der Waals surface area (Å²) < 4.78 is 11.5. The van der Waals surface area contributed by atoms with Crippen LogP contribution in [0.3, 0.4) is 0 Å². The summed E-state index contributed by atoms with van der Waals surface area (Å²) in [6.07, 6.45) is 1.11. The Morgan fingerprint density at radius 3 is 2.92 bits per heavy atom. The first kappa shape index (κ1) is 15.4. The Morgan fingerprint density at radius 2 is 2.17 bits per heavy atom. The lowest BCUT2D eigenvalue weighted by Crippen LogP contribution is -2.25. The largest absolute Gasteiger partial charge is 0.461 e. The van der Waals surface area contributed by atoms with E-state index in [1.54, 1.807) is 7.11 Å². The number of aromatic amines is 1. The second-order valence-corrected chi connectivity index (χ2v) is 6.45. The number of aromatic nitrogens is 3. The number of benzene rings is 1. The smallest absolute Gasteiger partial charge is 0.167 e. The van der Waals surface area contributed by atoms with Crippen LogP contribution in [0.4, 0.5) is 0 Å². The molecule has 2 atom stereocenters. The van der Waals surface area contributed by atoms with Crippen molar-refractivity contribution in [3.8, 4) is 0 Å². The maximum atomic E-state index is 5.91. The molecule has 0 saturated carbocycles. The second kappa shape index (κ2) is 6.03. The minimum Gasteiger partial charge on any atom is -0.461 e. The highest BCUT2D eigenvalue weighted by molar-refractivity contribution is 5.82. The fourth-order valence-corrected chi connectivity index (χ4v) is 3.61. The van der Waals surface area contributed by atoms with Crippen LogP contribution in [0.25, 0.3) is 11.0 Å². The average Bonchev–Trinajstić information content (AvgIpc) is 3.26. The number of para-hydroxylation sites is 1.